The maximum atomic E-state index is 11.5. The third-order valence-electron chi connectivity index (χ3n) is 2.85. The zero-order chi connectivity index (χ0) is 13.3. The zero-order valence-electron chi connectivity index (χ0n) is 10.5. The minimum absolute atomic E-state index is 0.309. The van der Waals surface area contributed by atoms with E-state index in [0.29, 0.717) is 10.7 Å². The number of pyridine rings is 1. The highest BCUT2D eigenvalue weighted by atomic mass is 32.2. The molecule has 2 N–H and O–H groups in total. The van der Waals surface area contributed by atoms with Gasteiger partial charge in [-0.05, 0) is 36.2 Å². The van der Waals surface area contributed by atoms with Crippen LogP contribution in [0.5, 0.6) is 0 Å². The number of nitrogens with zero attached hydrogens (tertiary/aromatic N) is 1. The summed E-state index contributed by atoms with van der Waals surface area (Å²) in [4.78, 5) is 4.61. The van der Waals surface area contributed by atoms with Crippen molar-refractivity contribution in [2.45, 2.75) is 24.7 Å². The minimum atomic E-state index is -3.19. The van der Waals surface area contributed by atoms with Crippen molar-refractivity contribution in [3.63, 3.8) is 0 Å². The molecule has 1 aromatic heterocycles. The maximum absolute atomic E-state index is 11.5. The van der Waals surface area contributed by atoms with Crippen LogP contribution in [0.15, 0.2) is 29.2 Å². The summed E-state index contributed by atoms with van der Waals surface area (Å²) in [6, 6.07) is 6.83. The second-order valence-electron chi connectivity index (χ2n) is 4.41. The summed E-state index contributed by atoms with van der Waals surface area (Å²) < 4.78 is 23.0. The third-order valence-corrected chi connectivity index (χ3v) is 3.96. The molecule has 0 aliphatic carbocycles. The van der Waals surface area contributed by atoms with Gasteiger partial charge in [0.05, 0.1) is 10.4 Å². The Bertz CT molecular complexity index is 693. The standard InChI is InChI=1S/C13H16N2O2S/c1-3-4-9-7-10-8-11(18(2,16)17)5-6-12(10)15-13(9)14/h5-8H,3-4H2,1-2H3,(H2,14,15). The van der Waals surface area contributed by atoms with E-state index in [9.17, 15) is 8.42 Å². The van der Waals surface area contributed by atoms with Crippen molar-refractivity contribution >= 4 is 26.6 Å². The summed E-state index contributed by atoms with van der Waals surface area (Å²) in [5.74, 6) is 0.524. The Morgan fingerprint density at radius 3 is 2.61 bits per heavy atom. The number of fused-ring (bicyclic) bond motifs is 1. The molecule has 0 aliphatic heterocycles. The van der Waals surface area contributed by atoms with Crippen LogP contribution in [0.3, 0.4) is 0 Å². The Hall–Kier alpha value is -1.62. The fourth-order valence-electron chi connectivity index (χ4n) is 1.91. The van der Waals surface area contributed by atoms with Crippen LogP contribution in [0.1, 0.15) is 18.9 Å². The largest absolute Gasteiger partial charge is 0.383 e. The SMILES string of the molecule is CCCc1cc2cc(S(C)(=O)=O)ccc2nc1N. The van der Waals surface area contributed by atoms with E-state index in [4.69, 9.17) is 5.73 Å². The monoisotopic (exact) mass is 264 g/mol. The fourth-order valence-corrected chi connectivity index (χ4v) is 2.57. The van der Waals surface area contributed by atoms with Crippen LogP contribution in [0, 0.1) is 0 Å². The summed E-state index contributed by atoms with van der Waals surface area (Å²) in [5, 5.41) is 0.815. The van der Waals surface area contributed by atoms with Crippen LogP contribution in [-0.2, 0) is 16.3 Å². The molecule has 0 bridgehead atoms. The number of nitrogens with two attached hydrogens (primary N) is 1. The molecule has 96 valence electrons. The molecule has 2 rings (SSSR count). The molecular weight excluding hydrogens is 248 g/mol. The van der Waals surface area contributed by atoms with Crippen LogP contribution < -0.4 is 5.73 Å². The average molecular weight is 264 g/mol. The molecule has 0 spiro atoms. The number of rotatable bonds is 3. The molecule has 5 heteroatoms. The molecule has 0 radical (unpaired) electrons. The number of hydrogen-bond donors (Lipinski definition) is 1. The van der Waals surface area contributed by atoms with E-state index >= 15 is 0 Å². The highest BCUT2D eigenvalue weighted by Crippen LogP contribution is 2.22. The second-order valence-corrected chi connectivity index (χ2v) is 6.43. The number of aryl methyl sites for hydroxylation is 1. The number of nitrogen functional groups attached to an aromatic ring is 1. The third kappa shape index (κ3) is 2.46. The van der Waals surface area contributed by atoms with Gasteiger partial charge in [-0.15, -0.1) is 0 Å². The van der Waals surface area contributed by atoms with Gasteiger partial charge < -0.3 is 5.73 Å². The highest BCUT2D eigenvalue weighted by Gasteiger charge is 2.09. The lowest BCUT2D eigenvalue weighted by Crippen LogP contribution is -2.00. The molecule has 0 aliphatic rings. The minimum Gasteiger partial charge on any atom is -0.383 e. The summed E-state index contributed by atoms with van der Waals surface area (Å²) in [5.41, 5.74) is 7.56. The molecule has 1 aromatic carbocycles. The fraction of sp³-hybridized carbons (Fsp3) is 0.308. The van der Waals surface area contributed by atoms with Gasteiger partial charge in [0.1, 0.15) is 5.82 Å². The molecule has 0 saturated carbocycles. The van der Waals surface area contributed by atoms with Crippen molar-refractivity contribution in [3.05, 3.63) is 29.8 Å². The molecule has 0 unspecified atom stereocenters. The molecule has 0 amide bonds. The van der Waals surface area contributed by atoms with Crippen LogP contribution >= 0.6 is 0 Å². The molecule has 0 atom stereocenters. The quantitative estimate of drug-likeness (QED) is 0.922. The van der Waals surface area contributed by atoms with Gasteiger partial charge in [0.15, 0.2) is 9.84 Å². The van der Waals surface area contributed by atoms with Crippen LogP contribution in [0.2, 0.25) is 0 Å². The summed E-state index contributed by atoms with van der Waals surface area (Å²) in [6.45, 7) is 2.07. The normalized spacial score (nSPS) is 11.9. The molecule has 4 nitrogen and oxygen atoms in total. The van der Waals surface area contributed by atoms with Crippen molar-refractivity contribution in [2.24, 2.45) is 0 Å². The average Bonchev–Trinajstić information content (AvgIpc) is 2.28. The van der Waals surface area contributed by atoms with E-state index in [1.165, 1.54) is 6.26 Å². The number of benzene rings is 1. The lowest BCUT2D eigenvalue weighted by atomic mass is 10.1. The Morgan fingerprint density at radius 1 is 1.28 bits per heavy atom. The summed E-state index contributed by atoms with van der Waals surface area (Å²) in [6.07, 6.45) is 3.02. The van der Waals surface area contributed by atoms with E-state index in [1.54, 1.807) is 18.2 Å². The van der Waals surface area contributed by atoms with Gasteiger partial charge in [0, 0.05) is 11.6 Å². The van der Waals surface area contributed by atoms with Crippen molar-refractivity contribution in [2.75, 3.05) is 12.0 Å². The van der Waals surface area contributed by atoms with Crippen molar-refractivity contribution < 1.29 is 8.42 Å². The van der Waals surface area contributed by atoms with E-state index < -0.39 is 9.84 Å². The Kier molecular flexibility index (Phi) is 3.26. The van der Waals surface area contributed by atoms with Crippen molar-refractivity contribution in [1.29, 1.82) is 0 Å². The second kappa shape index (κ2) is 4.57. The van der Waals surface area contributed by atoms with Crippen LogP contribution in [0.4, 0.5) is 5.82 Å². The predicted molar refractivity (Wildman–Crippen MR) is 73.3 cm³/mol. The van der Waals surface area contributed by atoms with Gasteiger partial charge in [0.25, 0.3) is 0 Å². The van der Waals surface area contributed by atoms with Crippen molar-refractivity contribution in [3.8, 4) is 0 Å². The summed E-state index contributed by atoms with van der Waals surface area (Å²) in [7, 11) is -3.19. The van der Waals surface area contributed by atoms with E-state index in [-0.39, 0.29) is 0 Å². The summed E-state index contributed by atoms with van der Waals surface area (Å²) >= 11 is 0. The molecule has 1 heterocycles. The van der Waals surface area contributed by atoms with E-state index in [2.05, 4.69) is 11.9 Å². The van der Waals surface area contributed by atoms with Gasteiger partial charge in [-0.2, -0.15) is 0 Å². The number of aromatic nitrogens is 1. The molecular formula is C13H16N2O2S. The van der Waals surface area contributed by atoms with Gasteiger partial charge >= 0.3 is 0 Å². The van der Waals surface area contributed by atoms with E-state index in [0.717, 1.165) is 29.3 Å². The highest BCUT2D eigenvalue weighted by molar-refractivity contribution is 7.90. The molecule has 0 fully saturated rings. The van der Waals surface area contributed by atoms with Gasteiger partial charge in [-0.3, -0.25) is 0 Å². The van der Waals surface area contributed by atoms with Gasteiger partial charge in [-0.1, -0.05) is 13.3 Å². The lowest BCUT2D eigenvalue weighted by Gasteiger charge is -2.07. The van der Waals surface area contributed by atoms with E-state index in [1.807, 2.05) is 6.07 Å². The topological polar surface area (TPSA) is 73.0 Å². The smallest absolute Gasteiger partial charge is 0.175 e. The van der Waals surface area contributed by atoms with Gasteiger partial charge in [-0.25, -0.2) is 13.4 Å². The van der Waals surface area contributed by atoms with Crippen LogP contribution in [0.25, 0.3) is 10.9 Å². The van der Waals surface area contributed by atoms with Crippen molar-refractivity contribution in [1.82, 2.24) is 4.98 Å². The van der Waals surface area contributed by atoms with Gasteiger partial charge in [0.2, 0.25) is 0 Å². The Balaban J connectivity index is 2.65. The number of sulfone groups is 1. The first-order chi connectivity index (χ1) is 8.41. The Morgan fingerprint density at radius 2 is 2.00 bits per heavy atom. The lowest BCUT2D eigenvalue weighted by molar-refractivity contribution is 0.602. The molecule has 18 heavy (non-hydrogen) atoms. The first kappa shape index (κ1) is 12.8. The first-order valence-electron chi connectivity index (χ1n) is 5.81. The zero-order valence-corrected chi connectivity index (χ0v) is 11.3. The van der Waals surface area contributed by atoms with Crippen LogP contribution in [-0.4, -0.2) is 19.7 Å². The molecule has 2 aromatic rings. The predicted octanol–water partition coefficient (Wildman–Crippen LogP) is 2.17. The number of hydrogen-bond acceptors (Lipinski definition) is 4. The number of anilines is 1. The molecule has 0 saturated heterocycles. The first-order valence-corrected chi connectivity index (χ1v) is 7.70. The Labute approximate surface area is 107 Å². The maximum Gasteiger partial charge on any atom is 0.175 e.